The topological polar surface area (TPSA) is 64.3 Å². The van der Waals surface area contributed by atoms with E-state index < -0.39 is 5.91 Å². The molecule has 0 aliphatic heterocycles. The van der Waals surface area contributed by atoms with Crippen LogP contribution in [0.4, 0.5) is 4.39 Å². The fourth-order valence-corrected chi connectivity index (χ4v) is 1.53. The summed E-state index contributed by atoms with van der Waals surface area (Å²) in [6.07, 6.45) is 0.866. The van der Waals surface area contributed by atoms with Crippen molar-refractivity contribution in [1.29, 1.82) is 0 Å². The van der Waals surface area contributed by atoms with Gasteiger partial charge in [-0.2, -0.15) is 0 Å². The number of nitrogens with two attached hydrogens (primary N) is 1. The van der Waals surface area contributed by atoms with E-state index in [0.29, 0.717) is 30.9 Å². The van der Waals surface area contributed by atoms with Crippen molar-refractivity contribution in [2.45, 2.75) is 19.9 Å². The molecule has 1 amide bonds. The minimum Gasteiger partial charge on any atom is -0.382 e. The van der Waals surface area contributed by atoms with Crippen molar-refractivity contribution in [2.75, 3.05) is 19.8 Å². The second-order valence-electron chi connectivity index (χ2n) is 3.90. The van der Waals surface area contributed by atoms with Crippen molar-refractivity contribution in [3.05, 3.63) is 35.1 Å². The Labute approximate surface area is 106 Å². The summed E-state index contributed by atoms with van der Waals surface area (Å²) in [5.74, 6) is -0.884. The Morgan fingerprint density at radius 1 is 1.50 bits per heavy atom. The summed E-state index contributed by atoms with van der Waals surface area (Å²) in [6.45, 7) is 4.44. The standard InChI is InChI=1S/C13H19FN2O2/c1-2-18-7-3-6-16-9-11-8-10(13(15)17)4-5-12(11)14/h4-5,8,16H,2-3,6-7,9H2,1H3,(H2,15,17). The lowest BCUT2D eigenvalue weighted by Crippen LogP contribution is -2.18. The van der Waals surface area contributed by atoms with Crippen molar-refractivity contribution in [3.63, 3.8) is 0 Å². The van der Waals surface area contributed by atoms with E-state index in [2.05, 4.69) is 5.32 Å². The van der Waals surface area contributed by atoms with E-state index in [1.165, 1.54) is 18.2 Å². The van der Waals surface area contributed by atoms with Crippen LogP contribution >= 0.6 is 0 Å². The van der Waals surface area contributed by atoms with Crippen LogP contribution in [0.1, 0.15) is 29.3 Å². The van der Waals surface area contributed by atoms with Crippen LogP contribution in [0.25, 0.3) is 0 Å². The lowest BCUT2D eigenvalue weighted by molar-refractivity contribution is 0.1000. The van der Waals surface area contributed by atoms with Crippen LogP contribution < -0.4 is 11.1 Å². The summed E-state index contributed by atoms with van der Waals surface area (Å²) in [4.78, 5) is 11.0. The fourth-order valence-electron chi connectivity index (χ4n) is 1.53. The van der Waals surface area contributed by atoms with Gasteiger partial charge in [-0.3, -0.25) is 4.79 Å². The van der Waals surface area contributed by atoms with Crippen LogP contribution in [0.2, 0.25) is 0 Å². The summed E-state index contributed by atoms with van der Waals surface area (Å²) in [6, 6.07) is 4.13. The van der Waals surface area contributed by atoms with E-state index in [4.69, 9.17) is 10.5 Å². The van der Waals surface area contributed by atoms with E-state index in [0.717, 1.165) is 13.0 Å². The zero-order valence-corrected chi connectivity index (χ0v) is 10.5. The molecule has 0 aliphatic carbocycles. The first-order valence-electron chi connectivity index (χ1n) is 6.01. The molecule has 3 N–H and O–H groups in total. The second kappa shape index (κ2) is 7.79. The van der Waals surface area contributed by atoms with Crippen LogP contribution in [0.15, 0.2) is 18.2 Å². The molecule has 0 spiro atoms. The summed E-state index contributed by atoms with van der Waals surface area (Å²) >= 11 is 0. The number of rotatable bonds is 8. The van der Waals surface area contributed by atoms with Gasteiger partial charge in [0.25, 0.3) is 0 Å². The maximum absolute atomic E-state index is 13.4. The van der Waals surface area contributed by atoms with E-state index in [1.807, 2.05) is 6.92 Å². The van der Waals surface area contributed by atoms with Crippen LogP contribution in [0.5, 0.6) is 0 Å². The molecule has 100 valence electrons. The largest absolute Gasteiger partial charge is 0.382 e. The molecule has 0 saturated carbocycles. The van der Waals surface area contributed by atoms with Gasteiger partial charge in [-0.15, -0.1) is 0 Å². The van der Waals surface area contributed by atoms with Gasteiger partial charge in [0.2, 0.25) is 5.91 Å². The molecule has 18 heavy (non-hydrogen) atoms. The van der Waals surface area contributed by atoms with Crippen molar-refractivity contribution in [1.82, 2.24) is 5.32 Å². The fraction of sp³-hybridized carbons (Fsp3) is 0.462. The monoisotopic (exact) mass is 254 g/mol. The second-order valence-corrected chi connectivity index (χ2v) is 3.90. The molecule has 0 atom stereocenters. The number of hydrogen-bond donors (Lipinski definition) is 2. The number of hydrogen-bond acceptors (Lipinski definition) is 3. The van der Waals surface area contributed by atoms with Crippen molar-refractivity contribution in [2.24, 2.45) is 5.73 Å². The Morgan fingerprint density at radius 3 is 2.94 bits per heavy atom. The minimum absolute atomic E-state index is 0.322. The number of benzene rings is 1. The van der Waals surface area contributed by atoms with Gasteiger partial charge >= 0.3 is 0 Å². The Hall–Kier alpha value is -1.46. The number of nitrogens with one attached hydrogen (secondary N) is 1. The summed E-state index contributed by atoms with van der Waals surface area (Å²) in [5.41, 5.74) is 5.91. The van der Waals surface area contributed by atoms with Crippen LogP contribution in [-0.4, -0.2) is 25.7 Å². The van der Waals surface area contributed by atoms with Gasteiger partial charge in [0.15, 0.2) is 0 Å². The van der Waals surface area contributed by atoms with Gasteiger partial charge < -0.3 is 15.8 Å². The third kappa shape index (κ3) is 4.81. The third-order valence-electron chi connectivity index (χ3n) is 2.49. The first-order valence-corrected chi connectivity index (χ1v) is 6.01. The average molecular weight is 254 g/mol. The Kier molecular flexibility index (Phi) is 6.32. The number of amides is 1. The predicted octanol–water partition coefficient (Wildman–Crippen LogP) is 1.44. The van der Waals surface area contributed by atoms with E-state index in [-0.39, 0.29) is 5.82 Å². The first-order chi connectivity index (χ1) is 8.65. The third-order valence-corrected chi connectivity index (χ3v) is 2.49. The Balaban J connectivity index is 2.41. The number of primary amides is 1. The van der Waals surface area contributed by atoms with Gasteiger partial charge in [-0.25, -0.2) is 4.39 Å². The summed E-state index contributed by atoms with van der Waals surface area (Å²) in [5, 5.41) is 3.10. The average Bonchev–Trinajstić information content (AvgIpc) is 2.35. The number of carbonyl (C=O) groups excluding carboxylic acids is 1. The number of carbonyl (C=O) groups is 1. The molecule has 0 fully saturated rings. The lowest BCUT2D eigenvalue weighted by atomic mass is 10.1. The van der Waals surface area contributed by atoms with Crippen molar-refractivity contribution in [3.8, 4) is 0 Å². The van der Waals surface area contributed by atoms with E-state index >= 15 is 0 Å². The quantitative estimate of drug-likeness (QED) is 0.690. The first kappa shape index (κ1) is 14.6. The van der Waals surface area contributed by atoms with Crippen LogP contribution in [-0.2, 0) is 11.3 Å². The van der Waals surface area contributed by atoms with E-state index in [9.17, 15) is 9.18 Å². The molecular formula is C13H19FN2O2. The van der Waals surface area contributed by atoms with Crippen LogP contribution in [0, 0.1) is 5.82 Å². The van der Waals surface area contributed by atoms with Gasteiger partial charge in [-0.1, -0.05) is 0 Å². The van der Waals surface area contributed by atoms with Crippen LogP contribution in [0.3, 0.4) is 0 Å². The van der Waals surface area contributed by atoms with Gasteiger partial charge in [-0.05, 0) is 38.1 Å². The molecular weight excluding hydrogens is 235 g/mol. The highest BCUT2D eigenvalue weighted by Crippen LogP contribution is 2.10. The molecule has 0 bridgehead atoms. The highest BCUT2D eigenvalue weighted by atomic mass is 19.1. The molecule has 1 rings (SSSR count). The van der Waals surface area contributed by atoms with E-state index in [1.54, 1.807) is 0 Å². The molecule has 1 aromatic rings. The zero-order valence-electron chi connectivity index (χ0n) is 10.5. The van der Waals surface area contributed by atoms with Crippen molar-refractivity contribution < 1.29 is 13.9 Å². The number of ether oxygens (including phenoxy) is 1. The normalized spacial score (nSPS) is 10.6. The molecule has 0 saturated heterocycles. The molecule has 4 nitrogen and oxygen atoms in total. The molecule has 1 aromatic carbocycles. The Morgan fingerprint density at radius 2 is 2.28 bits per heavy atom. The zero-order chi connectivity index (χ0) is 13.4. The summed E-state index contributed by atoms with van der Waals surface area (Å²) < 4.78 is 18.6. The predicted molar refractivity (Wildman–Crippen MR) is 67.7 cm³/mol. The van der Waals surface area contributed by atoms with Gasteiger partial charge in [0.1, 0.15) is 5.82 Å². The smallest absolute Gasteiger partial charge is 0.248 e. The molecule has 0 aliphatic rings. The molecule has 0 aromatic heterocycles. The summed E-state index contributed by atoms with van der Waals surface area (Å²) in [7, 11) is 0. The van der Waals surface area contributed by atoms with Gasteiger partial charge in [0, 0.05) is 30.9 Å². The number of halogens is 1. The Bertz CT molecular complexity index is 397. The van der Waals surface area contributed by atoms with Gasteiger partial charge in [0.05, 0.1) is 0 Å². The minimum atomic E-state index is -0.549. The lowest BCUT2D eigenvalue weighted by Gasteiger charge is -2.07. The molecule has 5 heteroatoms. The SMILES string of the molecule is CCOCCCNCc1cc(C(N)=O)ccc1F. The van der Waals surface area contributed by atoms with Crippen molar-refractivity contribution >= 4 is 5.91 Å². The highest BCUT2D eigenvalue weighted by molar-refractivity contribution is 5.92. The molecule has 0 unspecified atom stereocenters. The maximum atomic E-state index is 13.4. The highest BCUT2D eigenvalue weighted by Gasteiger charge is 2.06. The maximum Gasteiger partial charge on any atom is 0.248 e. The molecule has 0 radical (unpaired) electrons. The molecule has 0 heterocycles.